The lowest BCUT2D eigenvalue weighted by atomic mass is 9.81. The van der Waals surface area contributed by atoms with E-state index >= 15 is 0 Å². The normalized spacial score (nSPS) is 46.2. The second kappa shape index (κ2) is 4.89. The molecule has 0 spiro atoms. The highest BCUT2D eigenvalue weighted by molar-refractivity contribution is 4.94. The molecule has 0 amide bonds. The molecule has 0 radical (unpaired) electrons. The Kier molecular flexibility index (Phi) is 3.74. The first kappa shape index (κ1) is 11.5. The van der Waals surface area contributed by atoms with Gasteiger partial charge in [-0.05, 0) is 42.4 Å². The predicted molar refractivity (Wildman–Crippen MR) is 66.8 cm³/mol. The average Bonchev–Trinajstić information content (AvgIpc) is 2.47. The van der Waals surface area contributed by atoms with E-state index in [-0.39, 0.29) is 0 Å². The minimum Gasteiger partial charge on any atom is -0.0654 e. The maximum atomic E-state index is 2.53. The number of fused-ring (bicyclic) bond motifs is 1. The zero-order valence-electron chi connectivity index (χ0n) is 10.8. The molecule has 2 rings (SSSR count). The Bertz CT molecular complexity index is 194. The molecule has 0 heteroatoms. The van der Waals surface area contributed by atoms with Gasteiger partial charge >= 0.3 is 0 Å². The van der Waals surface area contributed by atoms with Crippen LogP contribution in [0.3, 0.4) is 0 Å². The monoisotopic (exact) mass is 208 g/mol. The molecule has 0 aliphatic heterocycles. The lowest BCUT2D eigenvalue weighted by Gasteiger charge is -2.24. The van der Waals surface area contributed by atoms with Crippen molar-refractivity contribution in [1.29, 1.82) is 0 Å². The summed E-state index contributed by atoms with van der Waals surface area (Å²) >= 11 is 0. The topological polar surface area (TPSA) is 0 Å². The summed E-state index contributed by atoms with van der Waals surface area (Å²) in [5, 5.41) is 0. The molecule has 0 bridgehead atoms. The van der Waals surface area contributed by atoms with Crippen LogP contribution in [0.5, 0.6) is 0 Å². The first-order chi connectivity index (χ1) is 7.25. The van der Waals surface area contributed by atoms with Gasteiger partial charge in [-0.15, -0.1) is 0 Å². The minimum absolute atomic E-state index is 0.998. The van der Waals surface area contributed by atoms with E-state index in [1.807, 2.05) is 0 Å². The molecule has 0 aromatic heterocycles. The summed E-state index contributed by atoms with van der Waals surface area (Å²) in [5.41, 5.74) is 0. The number of hydrogen-bond donors (Lipinski definition) is 0. The van der Waals surface area contributed by atoms with Crippen LogP contribution in [0, 0.1) is 29.6 Å². The van der Waals surface area contributed by atoms with Gasteiger partial charge in [-0.2, -0.15) is 0 Å². The SMILES string of the molecule is CCCC1C(C)C(C)C2CCCCCC12. The van der Waals surface area contributed by atoms with E-state index in [1.165, 1.54) is 38.5 Å². The minimum atomic E-state index is 0.998. The van der Waals surface area contributed by atoms with Crippen LogP contribution < -0.4 is 0 Å². The van der Waals surface area contributed by atoms with Crippen LogP contribution in [-0.4, -0.2) is 0 Å². The van der Waals surface area contributed by atoms with Crippen LogP contribution in [0.25, 0.3) is 0 Å². The summed E-state index contributed by atoms with van der Waals surface area (Å²) in [6, 6.07) is 0. The van der Waals surface area contributed by atoms with Crippen molar-refractivity contribution in [3.8, 4) is 0 Å². The van der Waals surface area contributed by atoms with Crippen LogP contribution in [0.2, 0.25) is 0 Å². The van der Waals surface area contributed by atoms with E-state index in [0.717, 1.165) is 29.6 Å². The van der Waals surface area contributed by atoms with Gasteiger partial charge in [-0.25, -0.2) is 0 Å². The second-order valence-corrected chi connectivity index (χ2v) is 6.14. The van der Waals surface area contributed by atoms with Gasteiger partial charge in [0, 0.05) is 0 Å². The molecule has 5 atom stereocenters. The Morgan fingerprint density at radius 3 is 2.20 bits per heavy atom. The fraction of sp³-hybridized carbons (Fsp3) is 1.00. The molecule has 2 aliphatic rings. The number of rotatable bonds is 2. The molecule has 0 N–H and O–H groups in total. The van der Waals surface area contributed by atoms with Crippen molar-refractivity contribution >= 4 is 0 Å². The van der Waals surface area contributed by atoms with Crippen LogP contribution in [0.4, 0.5) is 0 Å². The average molecular weight is 208 g/mol. The van der Waals surface area contributed by atoms with E-state index in [2.05, 4.69) is 20.8 Å². The molecule has 5 unspecified atom stereocenters. The van der Waals surface area contributed by atoms with E-state index in [0.29, 0.717) is 0 Å². The lowest BCUT2D eigenvalue weighted by molar-refractivity contribution is 0.257. The zero-order valence-corrected chi connectivity index (χ0v) is 10.8. The molecular formula is C15H28. The molecule has 0 aromatic rings. The summed E-state index contributed by atoms with van der Waals surface area (Å²) in [7, 11) is 0. The first-order valence-corrected chi connectivity index (χ1v) is 7.25. The molecule has 0 saturated heterocycles. The fourth-order valence-corrected chi connectivity index (χ4v) is 4.53. The van der Waals surface area contributed by atoms with Crippen LogP contribution in [0.15, 0.2) is 0 Å². The van der Waals surface area contributed by atoms with Gasteiger partial charge in [0.25, 0.3) is 0 Å². The van der Waals surface area contributed by atoms with E-state index in [4.69, 9.17) is 0 Å². The molecule has 2 saturated carbocycles. The predicted octanol–water partition coefficient (Wildman–Crippen LogP) is 4.89. The van der Waals surface area contributed by atoms with Crippen molar-refractivity contribution in [1.82, 2.24) is 0 Å². The molecular weight excluding hydrogens is 180 g/mol. The van der Waals surface area contributed by atoms with Gasteiger partial charge in [-0.1, -0.05) is 52.9 Å². The van der Waals surface area contributed by atoms with Gasteiger partial charge in [0.1, 0.15) is 0 Å². The quantitative estimate of drug-likeness (QED) is 0.606. The van der Waals surface area contributed by atoms with Crippen molar-refractivity contribution in [2.75, 3.05) is 0 Å². The summed E-state index contributed by atoms with van der Waals surface area (Å²) in [6.45, 7) is 7.42. The zero-order chi connectivity index (χ0) is 10.8. The summed E-state index contributed by atoms with van der Waals surface area (Å²) in [4.78, 5) is 0. The van der Waals surface area contributed by atoms with Gasteiger partial charge in [0.05, 0.1) is 0 Å². The Labute approximate surface area is 95.8 Å². The maximum Gasteiger partial charge on any atom is -0.0352 e. The highest BCUT2D eigenvalue weighted by Gasteiger charge is 2.44. The maximum absolute atomic E-state index is 2.53. The third-order valence-corrected chi connectivity index (χ3v) is 5.48. The Morgan fingerprint density at radius 1 is 0.867 bits per heavy atom. The standard InChI is InChI=1S/C15H28/c1-4-8-13-11(2)12(3)14-9-6-5-7-10-15(13)14/h11-15H,4-10H2,1-3H3. The third-order valence-electron chi connectivity index (χ3n) is 5.48. The first-order valence-electron chi connectivity index (χ1n) is 7.25. The van der Waals surface area contributed by atoms with Crippen LogP contribution >= 0.6 is 0 Å². The largest absolute Gasteiger partial charge is 0.0654 e. The second-order valence-electron chi connectivity index (χ2n) is 6.14. The highest BCUT2D eigenvalue weighted by atomic mass is 14.5. The molecule has 2 aliphatic carbocycles. The molecule has 0 aromatic carbocycles. The Hall–Kier alpha value is 0. The third kappa shape index (κ3) is 2.10. The fourth-order valence-electron chi connectivity index (χ4n) is 4.53. The summed E-state index contributed by atoms with van der Waals surface area (Å²) < 4.78 is 0. The smallest absolute Gasteiger partial charge is 0.0352 e. The molecule has 88 valence electrons. The molecule has 0 nitrogen and oxygen atoms in total. The van der Waals surface area contributed by atoms with Crippen molar-refractivity contribution < 1.29 is 0 Å². The van der Waals surface area contributed by atoms with E-state index in [9.17, 15) is 0 Å². The molecule has 2 fully saturated rings. The van der Waals surface area contributed by atoms with Crippen molar-refractivity contribution in [3.63, 3.8) is 0 Å². The van der Waals surface area contributed by atoms with Crippen LogP contribution in [-0.2, 0) is 0 Å². The summed E-state index contributed by atoms with van der Waals surface area (Å²) in [5.74, 6) is 5.24. The lowest BCUT2D eigenvalue weighted by Crippen LogP contribution is -2.16. The van der Waals surface area contributed by atoms with Gasteiger partial charge < -0.3 is 0 Å². The Morgan fingerprint density at radius 2 is 1.53 bits per heavy atom. The van der Waals surface area contributed by atoms with Crippen molar-refractivity contribution in [2.24, 2.45) is 29.6 Å². The summed E-state index contributed by atoms with van der Waals surface area (Å²) in [6.07, 6.45) is 10.5. The van der Waals surface area contributed by atoms with Crippen molar-refractivity contribution in [3.05, 3.63) is 0 Å². The molecule has 15 heavy (non-hydrogen) atoms. The molecule has 0 heterocycles. The van der Waals surface area contributed by atoms with Gasteiger partial charge in [-0.3, -0.25) is 0 Å². The van der Waals surface area contributed by atoms with Crippen LogP contribution in [0.1, 0.15) is 65.7 Å². The van der Waals surface area contributed by atoms with Crippen molar-refractivity contribution in [2.45, 2.75) is 65.7 Å². The van der Waals surface area contributed by atoms with E-state index in [1.54, 1.807) is 6.42 Å². The van der Waals surface area contributed by atoms with Gasteiger partial charge in [0.2, 0.25) is 0 Å². The van der Waals surface area contributed by atoms with Gasteiger partial charge in [0.15, 0.2) is 0 Å². The highest BCUT2D eigenvalue weighted by Crippen LogP contribution is 2.52. The van der Waals surface area contributed by atoms with E-state index < -0.39 is 0 Å². The number of hydrogen-bond acceptors (Lipinski definition) is 0. The Balaban J connectivity index is 2.10.